The number of hydrogen-bond donors (Lipinski definition) is 0. The number of piperidine rings is 1. The van der Waals surface area contributed by atoms with E-state index in [0.717, 1.165) is 24.8 Å². The third-order valence-electron chi connectivity index (χ3n) is 4.01. The summed E-state index contributed by atoms with van der Waals surface area (Å²) in [6.45, 7) is 4.37. The van der Waals surface area contributed by atoms with Gasteiger partial charge < -0.3 is 9.47 Å². The highest BCUT2D eigenvalue weighted by atomic mass is 32.2. The first kappa shape index (κ1) is 16.1. The van der Waals surface area contributed by atoms with Gasteiger partial charge in [0.1, 0.15) is 16.4 Å². The highest BCUT2D eigenvalue weighted by Gasteiger charge is 2.33. The number of ether oxygens (including phenoxy) is 2. The quantitative estimate of drug-likeness (QED) is 0.857. The number of hydrogen-bond acceptors (Lipinski definition) is 4. The van der Waals surface area contributed by atoms with Crippen molar-refractivity contribution < 1.29 is 17.9 Å². The van der Waals surface area contributed by atoms with Gasteiger partial charge in [-0.2, -0.15) is 4.31 Å². The molecule has 2 rings (SSSR count). The molecule has 0 amide bonds. The largest absolute Gasteiger partial charge is 0.496 e. The lowest BCUT2D eigenvalue weighted by molar-refractivity contribution is 0.267. The second-order valence-electron chi connectivity index (χ2n) is 5.43. The van der Waals surface area contributed by atoms with Crippen LogP contribution in [0.5, 0.6) is 11.5 Å². The molecule has 1 heterocycles. The summed E-state index contributed by atoms with van der Waals surface area (Å²) < 4.78 is 38.0. The van der Waals surface area contributed by atoms with Crippen molar-refractivity contribution >= 4 is 10.0 Å². The average molecular weight is 313 g/mol. The summed E-state index contributed by atoms with van der Waals surface area (Å²) in [5.41, 5.74) is 0.847. The van der Waals surface area contributed by atoms with E-state index in [4.69, 9.17) is 9.47 Å². The van der Waals surface area contributed by atoms with Crippen molar-refractivity contribution in [2.45, 2.75) is 44.0 Å². The highest BCUT2D eigenvalue weighted by Crippen LogP contribution is 2.35. The van der Waals surface area contributed by atoms with Crippen molar-refractivity contribution in [2.24, 2.45) is 0 Å². The SMILES string of the molecule is COc1cc(S(=O)(=O)N2CCCC[C@@H]2C)c(OC)cc1C. The normalized spacial score (nSPS) is 20.3. The number of aryl methyl sites for hydroxylation is 1. The fourth-order valence-corrected chi connectivity index (χ4v) is 4.63. The van der Waals surface area contributed by atoms with Crippen LogP contribution in [-0.2, 0) is 10.0 Å². The lowest BCUT2D eigenvalue weighted by Gasteiger charge is -2.32. The van der Waals surface area contributed by atoms with Gasteiger partial charge in [-0.1, -0.05) is 6.42 Å². The number of nitrogens with zero attached hydrogens (tertiary/aromatic N) is 1. The molecule has 0 spiro atoms. The fourth-order valence-electron chi connectivity index (χ4n) is 2.78. The molecule has 0 radical (unpaired) electrons. The molecule has 1 saturated heterocycles. The van der Waals surface area contributed by atoms with Crippen LogP contribution in [0.25, 0.3) is 0 Å². The van der Waals surface area contributed by atoms with E-state index in [1.165, 1.54) is 14.2 Å². The molecule has 1 fully saturated rings. The predicted octanol–water partition coefficient (Wildman–Crippen LogP) is 2.58. The molecule has 0 bridgehead atoms. The standard InChI is InChI=1S/C15H23NO4S/c1-11-9-14(20-4)15(10-13(11)19-3)21(17,18)16-8-6-5-7-12(16)2/h9-10,12H,5-8H2,1-4H3/t12-/m0/s1. The van der Waals surface area contributed by atoms with E-state index in [0.29, 0.717) is 18.0 Å². The van der Waals surface area contributed by atoms with Gasteiger partial charge in [-0.3, -0.25) is 0 Å². The van der Waals surface area contributed by atoms with Crippen LogP contribution in [0.1, 0.15) is 31.7 Å². The van der Waals surface area contributed by atoms with Gasteiger partial charge in [-0.25, -0.2) is 8.42 Å². The molecule has 1 aliphatic rings. The topological polar surface area (TPSA) is 55.8 Å². The maximum atomic E-state index is 12.9. The third-order valence-corrected chi connectivity index (χ3v) is 6.04. The molecule has 0 saturated carbocycles. The monoisotopic (exact) mass is 313 g/mol. The molecule has 5 nitrogen and oxygen atoms in total. The van der Waals surface area contributed by atoms with E-state index in [2.05, 4.69) is 0 Å². The van der Waals surface area contributed by atoms with Crippen molar-refractivity contribution in [3.05, 3.63) is 17.7 Å². The molecule has 1 atom stereocenters. The maximum absolute atomic E-state index is 12.9. The lowest BCUT2D eigenvalue weighted by Crippen LogP contribution is -2.42. The van der Waals surface area contributed by atoms with Crippen LogP contribution in [0.3, 0.4) is 0 Å². The Bertz CT molecular complexity index is 612. The maximum Gasteiger partial charge on any atom is 0.247 e. The molecule has 1 aromatic carbocycles. The zero-order chi connectivity index (χ0) is 15.6. The first-order valence-corrected chi connectivity index (χ1v) is 8.60. The Morgan fingerprint density at radius 3 is 2.38 bits per heavy atom. The first-order valence-electron chi connectivity index (χ1n) is 7.16. The van der Waals surface area contributed by atoms with E-state index >= 15 is 0 Å². The Balaban J connectivity index is 2.52. The molecule has 0 N–H and O–H groups in total. The third kappa shape index (κ3) is 3.01. The molecule has 1 aliphatic heterocycles. The van der Waals surface area contributed by atoms with E-state index in [1.54, 1.807) is 16.4 Å². The van der Waals surface area contributed by atoms with Crippen molar-refractivity contribution in [3.8, 4) is 11.5 Å². The number of benzene rings is 1. The van der Waals surface area contributed by atoms with Gasteiger partial charge in [-0.15, -0.1) is 0 Å². The van der Waals surface area contributed by atoms with E-state index in [1.807, 2.05) is 13.8 Å². The van der Waals surface area contributed by atoms with Crippen LogP contribution in [0.2, 0.25) is 0 Å². The summed E-state index contributed by atoms with van der Waals surface area (Å²) in [5, 5.41) is 0. The van der Waals surface area contributed by atoms with Crippen LogP contribution < -0.4 is 9.47 Å². The summed E-state index contributed by atoms with van der Waals surface area (Å²) in [5.74, 6) is 0.921. The fraction of sp³-hybridized carbons (Fsp3) is 0.600. The average Bonchev–Trinajstić information content (AvgIpc) is 2.46. The molecule has 118 valence electrons. The molecule has 0 aromatic heterocycles. The minimum Gasteiger partial charge on any atom is -0.496 e. The van der Waals surface area contributed by atoms with Crippen molar-refractivity contribution in [1.29, 1.82) is 0 Å². The molecule has 0 unspecified atom stereocenters. The number of rotatable bonds is 4. The Kier molecular flexibility index (Phi) is 4.78. The number of sulfonamides is 1. The van der Waals surface area contributed by atoms with Gasteiger partial charge in [0.2, 0.25) is 10.0 Å². The van der Waals surface area contributed by atoms with Crippen LogP contribution in [0.4, 0.5) is 0 Å². The van der Waals surface area contributed by atoms with Gasteiger partial charge in [0.15, 0.2) is 0 Å². The highest BCUT2D eigenvalue weighted by molar-refractivity contribution is 7.89. The Hall–Kier alpha value is -1.27. The second kappa shape index (κ2) is 6.23. The van der Waals surface area contributed by atoms with Crippen LogP contribution in [-0.4, -0.2) is 39.5 Å². The van der Waals surface area contributed by atoms with Crippen molar-refractivity contribution in [2.75, 3.05) is 20.8 Å². The van der Waals surface area contributed by atoms with E-state index in [9.17, 15) is 8.42 Å². The van der Waals surface area contributed by atoms with Crippen LogP contribution >= 0.6 is 0 Å². The number of methoxy groups -OCH3 is 2. The summed E-state index contributed by atoms with van der Waals surface area (Å²) in [6.07, 6.45) is 2.86. The van der Waals surface area contributed by atoms with E-state index < -0.39 is 10.0 Å². The van der Waals surface area contributed by atoms with Gasteiger partial charge in [0, 0.05) is 18.7 Å². The minimum atomic E-state index is -3.57. The van der Waals surface area contributed by atoms with Gasteiger partial charge >= 0.3 is 0 Å². The lowest BCUT2D eigenvalue weighted by atomic mass is 10.1. The zero-order valence-electron chi connectivity index (χ0n) is 13.0. The molecule has 21 heavy (non-hydrogen) atoms. The summed E-state index contributed by atoms with van der Waals surface area (Å²) in [6, 6.07) is 3.28. The Morgan fingerprint density at radius 2 is 1.81 bits per heavy atom. The van der Waals surface area contributed by atoms with Gasteiger partial charge in [-0.05, 0) is 38.3 Å². The van der Waals surface area contributed by atoms with Crippen molar-refractivity contribution in [1.82, 2.24) is 4.31 Å². The minimum absolute atomic E-state index is 0.0146. The Morgan fingerprint density at radius 1 is 1.14 bits per heavy atom. The van der Waals surface area contributed by atoms with Gasteiger partial charge in [0.05, 0.1) is 14.2 Å². The summed E-state index contributed by atoms with van der Waals surface area (Å²) in [7, 11) is -0.553. The molecule has 0 aliphatic carbocycles. The zero-order valence-corrected chi connectivity index (χ0v) is 13.9. The van der Waals surface area contributed by atoms with Crippen molar-refractivity contribution in [3.63, 3.8) is 0 Å². The molecular weight excluding hydrogens is 290 g/mol. The molecular formula is C15H23NO4S. The summed E-state index contributed by atoms with van der Waals surface area (Å²) in [4.78, 5) is 0.182. The smallest absolute Gasteiger partial charge is 0.247 e. The summed E-state index contributed by atoms with van der Waals surface area (Å²) >= 11 is 0. The Labute approximate surface area is 126 Å². The molecule has 6 heteroatoms. The van der Waals surface area contributed by atoms with Crippen LogP contribution in [0, 0.1) is 6.92 Å². The molecule has 1 aromatic rings. The van der Waals surface area contributed by atoms with E-state index in [-0.39, 0.29) is 10.9 Å². The van der Waals surface area contributed by atoms with Crippen LogP contribution in [0.15, 0.2) is 17.0 Å². The predicted molar refractivity (Wildman–Crippen MR) is 81.5 cm³/mol. The first-order chi connectivity index (χ1) is 9.91. The van der Waals surface area contributed by atoms with Gasteiger partial charge in [0.25, 0.3) is 0 Å². The second-order valence-corrected chi connectivity index (χ2v) is 7.29.